The van der Waals surface area contributed by atoms with Gasteiger partial charge in [0.25, 0.3) is 5.91 Å². The average Bonchev–Trinajstić information content (AvgIpc) is 3.02. The molecule has 0 unspecified atom stereocenters. The number of aryl methyl sites for hydroxylation is 1. The van der Waals surface area contributed by atoms with Crippen molar-refractivity contribution in [1.82, 2.24) is 10.5 Å². The number of para-hydroxylation sites is 1. The molecule has 0 spiro atoms. The molecule has 2 N–H and O–H groups in total. The first-order chi connectivity index (χ1) is 12.1. The van der Waals surface area contributed by atoms with Crippen LogP contribution in [0.2, 0.25) is 0 Å². The van der Waals surface area contributed by atoms with E-state index >= 15 is 0 Å². The summed E-state index contributed by atoms with van der Waals surface area (Å²) in [7, 11) is 0. The van der Waals surface area contributed by atoms with Gasteiger partial charge in [-0.15, -0.1) is 0 Å². The van der Waals surface area contributed by atoms with Crippen LogP contribution in [0.25, 0.3) is 0 Å². The van der Waals surface area contributed by atoms with Gasteiger partial charge in [-0.25, -0.2) is 4.79 Å². The first-order valence-corrected chi connectivity index (χ1v) is 8.37. The van der Waals surface area contributed by atoms with Crippen molar-refractivity contribution in [2.75, 3.05) is 5.32 Å². The van der Waals surface area contributed by atoms with E-state index in [0.717, 1.165) is 19.3 Å². The standard InChI is InChI=1S/C18H21N3O4/c1-12-10-16(21-25-12)17(22)19-14-8-5-9-15(11-14)24-18(23)20-13-6-3-2-4-7-13/h2-4,6-7,10,14-15H,5,8-9,11H2,1H3,(H,19,22)(H,20,23)/t14-,15-/m1/s1. The molecule has 1 aromatic heterocycles. The summed E-state index contributed by atoms with van der Waals surface area (Å²) in [5.41, 5.74) is 0.955. The highest BCUT2D eigenvalue weighted by Gasteiger charge is 2.27. The molecule has 2 amide bonds. The van der Waals surface area contributed by atoms with Gasteiger partial charge in [0.2, 0.25) is 0 Å². The molecule has 1 aliphatic rings. The number of nitrogens with zero attached hydrogens (tertiary/aromatic N) is 1. The SMILES string of the molecule is Cc1cc(C(=O)N[C@@H]2CCC[C@@H](OC(=O)Nc3ccccc3)C2)no1. The molecule has 0 saturated heterocycles. The molecular formula is C18H21N3O4. The maximum absolute atomic E-state index is 12.1. The molecule has 3 rings (SSSR count). The van der Waals surface area contributed by atoms with Crippen LogP contribution in [0.1, 0.15) is 41.9 Å². The normalized spacial score (nSPS) is 19.9. The molecule has 2 aromatic rings. The second kappa shape index (κ2) is 7.83. The Kier molecular flexibility index (Phi) is 5.33. The predicted molar refractivity (Wildman–Crippen MR) is 91.3 cm³/mol. The molecule has 1 saturated carbocycles. The molecule has 7 nitrogen and oxygen atoms in total. The number of ether oxygens (including phenoxy) is 1. The van der Waals surface area contributed by atoms with Crippen molar-refractivity contribution in [3.05, 3.63) is 47.9 Å². The smallest absolute Gasteiger partial charge is 0.411 e. The largest absolute Gasteiger partial charge is 0.446 e. The number of rotatable bonds is 4. The first-order valence-electron chi connectivity index (χ1n) is 8.37. The summed E-state index contributed by atoms with van der Waals surface area (Å²) in [4.78, 5) is 24.1. The fourth-order valence-electron chi connectivity index (χ4n) is 2.94. The third kappa shape index (κ3) is 4.82. The van der Waals surface area contributed by atoms with Gasteiger partial charge < -0.3 is 14.6 Å². The van der Waals surface area contributed by atoms with Gasteiger partial charge >= 0.3 is 6.09 Å². The molecule has 0 aliphatic heterocycles. The molecule has 1 aliphatic carbocycles. The van der Waals surface area contributed by atoms with E-state index < -0.39 is 6.09 Å². The summed E-state index contributed by atoms with van der Waals surface area (Å²) in [6.45, 7) is 1.74. The third-order valence-electron chi connectivity index (χ3n) is 4.12. The zero-order valence-electron chi connectivity index (χ0n) is 14.0. The van der Waals surface area contributed by atoms with Gasteiger partial charge in [0, 0.05) is 24.2 Å². The van der Waals surface area contributed by atoms with Gasteiger partial charge in [-0.1, -0.05) is 23.4 Å². The lowest BCUT2D eigenvalue weighted by Crippen LogP contribution is -2.41. The van der Waals surface area contributed by atoms with Crippen LogP contribution >= 0.6 is 0 Å². The van der Waals surface area contributed by atoms with E-state index in [1.54, 1.807) is 25.1 Å². The van der Waals surface area contributed by atoms with E-state index in [1.165, 1.54) is 0 Å². The Bertz CT molecular complexity index is 729. The molecule has 2 atom stereocenters. The van der Waals surface area contributed by atoms with E-state index in [-0.39, 0.29) is 23.7 Å². The number of hydrogen-bond donors (Lipinski definition) is 2. The number of hydrogen-bond acceptors (Lipinski definition) is 5. The monoisotopic (exact) mass is 343 g/mol. The highest BCUT2D eigenvalue weighted by atomic mass is 16.6. The summed E-state index contributed by atoms with van der Waals surface area (Å²) in [6, 6.07) is 10.7. The van der Waals surface area contributed by atoms with E-state index in [2.05, 4.69) is 15.8 Å². The lowest BCUT2D eigenvalue weighted by Gasteiger charge is -2.29. The Morgan fingerprint density at radius 3 is 2.76 bits per heavy atom. The van der Waals surface area contributed by atoms with E-state index in [1.807, 2.05) is 18.2 Å². The fourth-order valence-corrected chi connectivity index (χ4v) is 2.94. The number of anilines is 1. The maximum atomic E-state index is 12.1. The minimum atomic E-state index is -0.477. The van der Waals surface area contributed by atoms with Crippen molar-refractivity contribution in [3.63, 3.8) is 0 Å². The molecule has 1 fully saturated rings. The molecule has 1 heterocycles. The lowest BCUT2D eigenvalue weighted by atomic mass is 9.92. The van der Waals surface area contributed by atoms with Crippen LogP contribution in [0.15, 0.2) is 40.9 Å². The number of aromatic nitrogens is 1. The number of nitrogens with one attached hydrogen (secondary N) is 2. The zero-order valence-corrected chi connectivity index (χ0v) is 14.0. The number of carbonyl (C=O) groups excluding carboxylic acids is 2. The van der Waals surface area contributed by atoms with Crippen molar-refractivity contribution in [1.29, 1.82) is 0 Å². The van der Waals surface area contributed by atoms with Crippen molar-refractivity contribution in [2.45, 2.75) is 44.8 Å². The zero-order chi connectivity index (χ0) is 17.6. The van der Waals surface area contributed by atoms with E-state index in [4.69, 9.17) is 9.26 Å². The predicted octanol–water partition coefficient (Wildman–Crippen LogP) is 3.27. The van der Waals surface area contributed by atoms with Gasteiger partial charge in [0.1, 0.15) is 11.9 Å². The Morgan fingerprint density at radius 1 is 1.24 bits per heavy atom. The molecule has 7 heteroatoms. The summed E-state index contributed by atoms with van der Waals surface area (Å²) in [6.07, 6.45) is 2.41. The second-order valence-electron chi connectivity index (χ2n) is 6.18. The Hall–Kier alpha value is -2.83. The third-order valence-corrected chi connectivity index (χ3v) is 4.12. The van der Waals surface area contributed by atoms with Crippen LogP contribution in [-0.4, -0.2) is 29.3 Å². The Labute approximate surface area is 145 Å². The van der Waals surface area contributed by atoms with E-state index in [0.29, 0.717) is 17.9 Å². The number of carbonyl (C=O) groups is 2. The van der Waals surface area contributed by atoms with Crippen LogP contribution in [0.5, 0.6) is 0 Å². The van der Waals surface area contributed by atoms with Crippen molar-refractivity contribution in [2.24, 2.45) is 0 Å². The van der Waals surface area contributed by atoms with E-state index in [9.17, 15) is 9.59 Å². The van der Waals surface area contributed by atoms with Gasteiger partial charge in [-0.2, -0.15) is 0 Å². The molecule has 0 bridgehead atoms. The fraction of sp³-hybridized carbons (Fsp3) is 0.389. The quantitative estimate of drug-likeness (QED) is 0.888. The highest BCUT2D eigenvalue weighted by molar-refractivity contribution is 5.92. The highest BCUT2D eigenvalue weighted by Crippen LogP contribution is 2.22. The number of amides is 2. The van der Waals surface area contributed by atoms with Crippen LogP contribution in [0.4, 0.5) is 10.5 Å². The average molecular weight is 343 g/mol. The first kappa shape index (κ1) is 17.0. The van der Waals surface area contributed by atoms with Crippen molar-refractivity contribution in [3.8, 4) is 0 Å². The van der Waals surface area contributed by atoms with Gasteiger partial charge in [-0.3, -0.25) is 10.1 Å². The molecular weight excluding hydrogens is 322 g/mol. The number of benzene rings is 1. The summed E-state index contributed by atoms with van der Waals surface area (Å²) in [5.74, 6) is 0.323. The minimum absolute atomic E-state index is 0.0484. The summed E-state index contributed by atoms with van der Waals surface area (Å²) < 4.78 is 10.4. The Balaban J connectivity index is 1.49. The van der Waals surface area contributed by atoms with Crippen molar-refractivity contribution >= 4 is 17.7 Å². The van der Waals surface area contributed by atoms with Gasteiger partial charge in [0.05, 0.1) is 0 Å². The van der Waals surface area contributed by atoms with Crippen LogP contribution in [0.3, 0.4) is 0 Å². The molecule has 1 aromatic carbocycles. The minimum Gasteiger partial charge on any atom is -0.446 e. The molecule has 132 valence electrons. The Morgan fingerprint density at radius 2 is 2.04 bits per heavy atom. The molecule has 25 heavy (non-hydrogen) atoms. The molecule has 0 radical (unpaired) electrons. The van der Waals surface area contributed by atoms with Gasteiger partial charge in [-0.05, 0) is 38.3 Å². The van der Waals surface area contributed by atoms with Crippen LogP contribution in [0, 0.1) is 6.92 Å². The van der Waals surface area contributed by atoms with Crippen molar-refractivity contribution < 1.29 is 18.8 Å². The summed E-state index contributed by atoms with van der Waals surface area (Å²) >= 11 is 0. The second-order valence-corrected chi connectivity index (χ2v) is 6.18. The summed E-state index contributed by atoms with van der Waals surface area (Å²) in [5, 5.41) is 9.34. The maximum Gasteiger partial charge on any atom is 0.411 e. The van der Waals surface area contributed by atoms with Crippen LogP contribution in [-0.2, 0) is 4.74 Å². The van der Waals surface area contributed by atoms with Crippen LogP contribution < -0.4 is 10.6 Å². The lowest BCUT2D eigenvalue weighted by molar-refractivity contribution is 0.0709. The topological polar surface area (TPSA) is 93.5 Å². The van der Waals surface area contributed by atoms with Gasteiger partial charge in [0.15, 0.2) is 5.69 Å².